The van der Waals surface area contributed by atoms with E-state index in [1.807, 2.05) is 0 Å². The summed E-state index contributed by atoms with van der Waals surface area (Å²) in [6.07, 6.45) is 0.0320. The second kappa shape index (κ2) is 6.14. The van der Waals surface area contributed by atoms with Crippen molar-refractivity contribution in [2.75, 3.05) is 0 Å². The number of carbonyl (C=O) groups is 1. The van der Waals surface area contributed by atoms with Crippen LogP contribution < -0.4 is 0 Å². The molecule has 2 rings (SSSR count). The fourth-order valence-electron chi connectivity index (χ4n) is 2.11. The van der Waals surface area contributed by atoms with Crippen LogP contribution in [0.3, 0.4) is 0 Å². The van der Waals surface area contributed by atoms with Crippen LogP contribution in [-0.2, 0) is 11.2 Å². The SMILES string of the molecule is Cc1ccc(C(Cc2cc(Cl)ccc2O)C(=O)O)cc1F. The zero-order valence-electron chi connectivity index (χ0n) is 11.3. The molecule has 0 bridgehead atoms. The lowest BCUT2D eigenvalue weighted by Gasteiger charge is -2.15. The number of hydrogen-bond acceptors (Lipinski definition) is 2. The van der Waals surface area contributed by atoms with Gasteiger partial charge in [0.2, 0.25) is 0 Å². The largest absolute Gasteiger partial charge is 0.508 e. The molecule has 21 heavy (non-hydrogen) atoms. The smallest absolute Gasteiger partial charge is 0.311 e. The lowest BCUT2D eigenvalue weighted by Crippen LogP contribution is -2.15. The molecule has 0 radical (unpaired) electrons. The molecule has 0 spiro atoms. The third kappa shape index (κ3) is 3.52. The van der Waals surface area contributed by atoms with Gasteiger partial charge in [0, 0.05) is 5.02 Å². The van der Waals surface area contributed by atoms with Crippen LogP contribution in [0.4, 0.5) is 4.39 Å². The van der Waals surface area contributed by atoms with Gasteiger partial charge in [0.1, 0.15) is 11.6 Å². The molecule has 0 fully saturated rings. The van der Waals surface area contributed by atoms with Gasteiger partial charge >= 0.3 is 5.97 Å². The Balaban J connectivity index is 2.37. The first-order chi connectivity index (χ1) is 9.88. The predicted octanol–water partition coefficient (Wildman–Crippen LogP) is 3.90. The molecule has 2 aromatic carbocycles. The van der Waals surface area contributed by atoms with Crippen LogP contribution in [-0.4, -0.2) is 16.2 Å². The van der Waals surface area contributed by atoms with Gasteiger partial charge in [0.25, 0.3) is 0 Å². The number of carboxylic acids is 1. The van der Waals surface area contributed by atoms with E-state index in [-0.39, 0.29) is 12.2 Å². The van der Waals surface area contributed by atoms with Gasteiger partial charge in [-0.3, -0.25) is 4.79 Å². The average molecular weight is 309 g/mol. The number of rotatable bonds is 4. The third-order valence-corrected chi connectivity index (χ3v) is 3.60. The summed E-state index contributed by atoms with van der Waals surface area (Å²) >= 11 is 5.85. The van der Waals surface area contributed by atoms with Gasteiger partial charge in [-0.15, -0.1) is 0 Å². The second-order valence-electron chi connectivity index (χ2n) is 4.88. The van der Waals surface area contributed by atoms with E-state index >= 15 is 0 Å². The van der Waals surface area contributed by atoms with Crippen LogP contribution in [0.25, 0.3) is 0 Å². The van der Waals surface area contributed by atoms with Gasteiger partial charge in [-0.1, -0.05) is 23.7 Å². The molecular formula is C16H14ClFO3. The molecule has 3 nitrogen and oxygen atoms in total. The Hall–Kier alpha value is -2.07. The summed E-state index contributed by atoms with van der Waals surface area (Å²) in [7, 11) is 0. The molecule has 0 saturated carbocycles. The van der Waals surface area contributed by atoms with Crippen LogP contribution in [0.2, 0.25) is 5.02 Å². The van der Waals surface area contributed by atoms with E-state index in [1.165, 1.54) is 24.3 Å². The van der Waals surface area contributed by atoms with Gasteiger partial charge in [-0.05, 0) is 54.3 Å². The highest BCUT2D eigenvalue weighted by Gasteiger charge is 2.22. The van der Waals surface area contributed by atoms with E-state index in [4.69, 9.17) is 11.6 Å². The number of halogens is 2. The van der Waals surface area contributed by atoms with Crippen molar-refractivity contribution in [3.8, 4) is 5.75 Å². The fourth-order valence-corrected chi connectivity index (χ4v) is 2.31. The first-order valence-corrected chi connectivity index (χ1v) is 6.72. The van der Waals surface area contributed by atoms with Crippen molar-refractivity contribution in [1.29, 1.82) is 0 Å². The molecule has 2 N–H and O–H groups in total. The van der Waals surface area contributed by atoms with Crippen molar-refractivity contribution in [2.24, 2.45) is 0 Å². The predicted molar refractivity (Wildman–Crippen MR) is 78.3 cm³/mol. The van der Waals surface area contributed by atoms with Crippen LogP contribution >= 0.6 is 11.6 Å². The molecule has 1 unspecified atom stereocenters. The Kier molecular flexibility index (Phi) is 4.48. The lowest BCUT2D eigenvalue weighted by molar-refractivity contribution is -0.138. The maximum absolute atomic E-state index is 13.6. The average Bonchev–Trinajstić information content (AvgIpc) is 2.42. The van der Waals surface area contributed by atoms with E-state index in [2.05, 4.69) is 0 Å². The molecule has 0 aliphatic heterocycles. The van der Waals surface area contributed by atoms with Crippen molar-refractivity contribution in [3.05, 3.63) is 63.9 Å². The van der Waals surface area contributed by atoms with Gasteiger partial charge in [0.15, 0.2) is 0 Å². The van der Waals surface area contributed by atoms with Crippen molar-refractivity contribution in [2.45, 2.75) is 19.3 Å². The van der Waals surface area contributed by atoms with E-state index in [0.717, 1.165) is 0 Å². The zero-order valence-corrected chi connectivity index (χ0v) is 12.1. The van der Waals surface area contributed by atoms with Crippen molar-refractivity contribution < 1.29 is 19.4 Å². The Labute approximate surface area is 126 Å². The van der Waals surface area contributed by atoms with E-state index in [0.29, 0.717) is 21.7 Å². The summed E-state index contributed by atoms with van der Waals surface area (Å²) in [5.41, 5.74) is 1.22. The van der Waals surface area contributed by atoms with Crippen LogP contribution in [0, 0.1) is 12.7 Å². The topological polar surface area (TPSA) is 57.5 Å². The minimum atomic E-state index is -1.09. The maximum Gasteiger partial charge on any atom is 0.311 e. The Morgan fingerprint density at radius 2 is 2.00 bits per heavy atom. The summed E-state index contributed by atoms with van der Waals surface area (Å²) in [6, 6.07) is 8.78. The minimum Gasteiger partial charge on any atom is -0.508 e. The van der Waals surface area contributed by atoms with Crippen LogP contribution in [0.15, 0.2) is 36.4 Å². The first kappa shape index (κ1) is 15.3. The molecular weight excluding hydrogens is 295 g/mol. The van der Waals surface area contributed by atoms with E-state index < -0.39 is 17.7 Å². The van der Waals surface area contributed by atoms with Crippen LogP contribution in [0.5, 0.6) is 5.75 Å². The first-order valence-electron chi connectivity index (χ1n) is 6.34. The summed E-state index contributed by atoms with van der Waals surface area (Å²) in [5.74, 6) is -2.52. The molecule has 0 aromatic heterocycles. The number of benzene rings is 2. The molecule has 2 aromatic rings. The normalized spacial score (nSPS) is 12.1. The van der Waals surface area contributed by atoms with Gasteiger partial charge in [-0.25, -0.2) is 4.39 Å². The maximum atomic E-state index is 13.6. The van der Waals surface area contributed by atoms with Crippen molar-refractivity contribution >= 4 is 17.6 Å². The van der Waals surface area contributed by atoms with E-state index in [9.17, 15) is 19.4 Å². The Morgan fingerprint density at radius 1 is 1.29 bits per heavy atom. The van der Waals surface area contributed by atoms with Gasteiger partial charge in [0.05, 0.1) is 5.92 Å². The molecule has 110 valence electrons. The second-order valence-corrected chi connectivity index (χ2v) is 5.31. The van der Waals surface area contributed by atoms with Crippen molar-refractivity contribution in [3.63, 3.8) is 0 Å². The van der Waals surface area contributed by atoms with Crippen LogP contribution in [0.1, 0.15) is 22.6 Å². The molecule has 0 amide bonds. The Morgan fingerprint density at radius 3 is 2.62 bits per heavy atom. The number of phenols is 1. The zero-order chi connectivity index (χ0) is 15.6. The molecule has 0 heterocycles. The highest BCUT2D eigenvalue weighted by Crippen LogP contribution is 2.29. The molecule has 0 aliphatic carbocycles. The monoisotopic (exact) mass is 308 g/mol. The van der Waals surface area contributed by atoms with Gasteiger partial charge in [-0.2, -0.15) is 0 Å². The Bertz CT molecular complexity index is 685. The minimum absolute atomic E-state index is 0.0294. The number of aliphatic carboxylic acids is 1. The standard InChI is InChI=1S/C16H14ClFO3/c1-9-2-3-10(8-14(9)18)13(16(20)21)7-11-6-12(17)4-5-15(11)19/h2-6,8,13,19H,7H2,1H3,(H,20,21). The van der Waals surface area contributed by atoms with E-state index in [1.54, 1.807) is 19.1 Å². The molecule has 1 atom stereocenters. The number of phenolic OH excluding ortho intramolecular Hbond substituents is 1. The highest BCUT2D eigenvalue weighted by molar-refractivity contribution is 6.30. The quantitative estimate of drug-likeness (QED) is 0.900. The summed E-state index contributed by atoms with van der Waals surface area (Å²) in [4.78, 5) is 11.5. The van der Waals surface area contributed by atoms with Gasteiger partial charge < -0.3 is 10.2 Å². The van der Waals surface area contributed by atoms with Crippen molar-refractivity contribution in [1.82, 2.24) is 0 Å². The number of hydrogen-bond donors (Lipinski definition) is 2. The fraction of sp³-hybridized carbons (Fsp3) is 0.188. The lowest BCUT2D eigenvalue weighted by atomic mass is 9.91. The number of carboxylic acid groups (broad SMARTS) is 1. The third-order valence-electron chi connectivity index (χ3n) is 3.36. The molecule has 0 saturated heterocycles. The summed E-state index contributed by atoms with van der Waals surface area (Å²) < 4.78 is 13.6. The molecule has 0 aliphatic rings. The number of aromatic hydroxyl groups is 1. The summed E-state index contributed by atoms with van der Waals surface area (Å²) in [5, 5.41) is 19.6. The number of aryl methyl sites for hydroxylation is 1. The molecule has 5 heteroatoms. The highest BCUT2D eigenvalue weighted by atomic mass is 35.5. The summed E-state index contributed by atoms with van der Waals surface area (Å²) in [6.45, 7) is 1.61.